The van der Waals surface area contributed by atoms with Gasteiger partial charge in [-0.3, -0.25) is 9.69 Å². The summed E-state index contributed by atoms with van der Waals surface area (Å²) in [6, 6.07) is 8.41. The quantitative estimate of drug-likeness (QED) is 0.803. The van der Waals surface area contributed by atoms with Crippen LogP contribution in [0.1, 0.15) is 26.3 Å². The lowest BCUT2D eigenvalue weighted by atomic mass is 10.1. The van der Waals surface area contributed by atoms with Crippen molar-refractivity contribution in [3.63, 3.8) is 0 Å². The van der Waals surface area contributed by atoms with Crippen LogP contribution in [0.25, 0.3) is 6.08 Å². The highest BCUT2D eigenvalue weighted by atomic mass is 16.5. The number of hydrogen-bond donors (Lipinski definition) is 0. The maximum absolute atomic E-state index is 12.4. The van der Waals surface area contributed by atoms with Gasteiger partial charge in [0.05, 0.1) is 0 Å². The summed E-state index contributed by atoms with van der Waals surface area (Å²) in [6.45, 7) is 6.36. The van der Waals surface area contributed by atoms with Crippen molar-refractivity contribution in [3.8, 4) is 0 Å². The number of carbonyl (C=O) groups is 1. The van der Waals surface area contributed by atoms with Gasteiger partial charge in [-0.05, 0) is 44.5 Å². The van der Waals surface area contributed by atoms with Crippen LogP contribution in [0.15, 0.2) is 35.0 Å². The second-order valence-corrected chi connectivity index (χ2v) is 5.65. The van der Waals surface area contributed by atoms with Crippen LogP contribution < -0.4 is 4.90 Å². The summed E-state index contributed by atoms with van der Waals surface area (Å²) >= 11 is 0. The minimum absolute atomic E-state index is 0.0792. The highest BCUT2D eigenvalue weighted by Gasteiger charge is 2.33. The van der Waals surface area contributed by atoms with Gasteiger partial charge in [-0.2, -0.15) is 0 Å². The summed E-state index contributed by atoms with van der Waals surface area (Å²) in [5.74, 6) is 0.178. The van der Waals surface area contributed by atoms with Crippen LogP contribution in [0, 0.1) is 0 Å². The van der Waals surface area contributed by atoms with Gasteiger partial charge >= 0.3 is 6.02 Å². The lowest BCUT2D eigenvalue weighted by Gasteiger charge is -2.11. The zero-order valence-electron chi connectivity index (χ0n) is 13.8. The summed E-state index contributed by atoms with van der Waals surface area (Å²) < 4.78 is 5.65. The predicted molar refractivity (Wildman–Crippen MR) is 89.8 cm³/mol. The number of likely N-dealkylation sites (N-methyl/N-ethyl adjacent to an activating group) is 1. The normalized spacial score (nSPS) is 18.5. The van der Waals surface area contributed by atoms with E-state index >= 15 is 0 Å². The Morgan fingerprint density at radius 3 is 2.41 bits per heavy atom. The van der Waals surface area contributed by atoms with Gasteiger partial charge in [0.2, 0.25) is 0 Å². The molecule has 2 rings (SSSR count). The van der Waals surface area contributed by atoms with E-state index in [0.717, 1.165) is 11.3 Å². The summed E-state index contributed by atoms with van der Waals surface area (Å²) in [6.07, 6.45) is 1.76. The van der Waals surface area contributed by atoms with E-state index in [1.807, 2.05) is 64.0 Å². The first-order chi connectivity index (χ1) is 10.4. The molecule has 0 aliphatic carbocycles. The molecule has 1 fully saturated rings. The molecule has 0 aromatic heterocycles. The van der Waals surface area contributed by atoms with Crippen LogP contribution >= 0.6 is 0 Å². The summed E-state index contributed by atoms with van der Waals surface area (Å²) in [7, 11) is 3.98. The molecule has 1 amide bonds. The average Bonchev–Trinajstić information content (AvgIpc) is 2.74. The molecule has 5 heteroatoms. The van der Waals surface area contributed by atoms with E-state index in [0.29, 0.717) is 18.3 Å². The molecule has 22 heavy (non-hydrogen) atoms. The Morgan fingerprint density at radius 2 is 1.91 bits per heavy atom. The van der Waals surface area contributed by atoms with E-state index in [-0.39, 0.29) is 11.9 Å². The number of ether oxygens (including phenoxy) is 1. The standard InChI is InChI=1S/C17H23N3O2/c1-6-20-16(21)15(22-17(20)18-12(2)3)11-13-7-9-14(10-8-13)19(4)5/h7-12H,6H2,1-5H3. The van der Waals surface area contributed by atoms with Crippen molar-refractivity contribution in [2.24, 2.45) is 4.99 Å². The molecule has 1 heterocycles. The molecule has 0 bridgehead atoms. The average molecular weight is 301 g/mol. The Bertz CT molecular complexity index is 601. The van der Waals surface area contributed by atoms with Gasteiger partial charge in [0.15, 0.2) is 5.76 Å². The Hall–Kier alpha value is -2.30. The SMILES string of the molecule is CCN1C(=O)C(=Cc2ccc(N(C)C)cc2)OC1=NC(C)C. The Morgan fingerprint density at radius 1 is 1.27 bits per heavy atom. The highest BCUT2D eigenvalue weighted by molar-refractivity contribution is 6.11. The third-order valence-corrected chi connectivity index (χ3v) is 3.28. The first kappa shape index (κ1) is 16.1. The smallest absolute Gasteiger partial charge is 0.300 e. The number of benzene rings is 1. The van der Waals surface area contributed by atoms with E-state index in [4.69, 9.17) is 4.74 Å². The Labute approximate surface area is 131 Å². The fraction of sp³-hybridized carbons (Fsp3) is 0.412. The molecule has 1 aromatic carbocycles. The third kappa shape index (κ3) is 3.47. The molecule has 0 saturated carbocycles. The Balaban J connectivity index is 2.26. The number of rotatable bonds is 4. The van der Waals surface area contributed by atoms with Crippen LogP contribution in [0.5, 0.6) is 0 Å². The van der Waals surface area contributed by atoms with E-state index in [1.54, 1.807) is 11.0 Å². The molecule has 0 spiro atoms. The lowest BCUT2D eigenvalue weighted by molar-refractivity contribution is -0.122. The van der Waals surface area contributed by atoms with Crippen molar-refractivity contribution in [1.82, 2.24) is 4.90 Å². The van der Waals surface area contributed by atoms with E-state index < -0.39 is 0 Å². The zero-order valence-corrected chi connectivity index (χ0v) is 13.8. The second-order valence-electron chi connectivity index (χ2n) is 5.65. The van der Waals surface area contributed by atoms with E-state index in [1.165, 1.54) is 0 Å². The first-order valence-electron chi connectivity index (χ1n) is 7.49. The zero-order chi connectivity index (χ0) is 16.3. The fourth-order valence-corrected chi connectivity index (χ4v) is 2.12. The highest BCUT2D eigenvalue weighted by Crippen LogP contribution is 2.21. The van der Waals surface area contributed by atoms with Crippen LogP contribution in [-0.4, -0.2) is 43.5 Å². The van der Waals surface area contributed by atoms with Gasteiger partial charge in [-0.1, -0.05) is 12.1 Å². The molecule has 5 nitrogen and oxygen atoms in total. The number of nitrogens with zero attached hydrogens (tertiary/aromatic N) is 3. The Kier molecular flexibility index (Phi) is 4.85. The maximum atomic E-state index is 12.4. The molecular weight excluding hydrogens is 278 g/mol. The minimum atomic E-state index is -0.140. The summed E-state index contributed by atoms with van der Waals surface area (Å²) in [5, 5.41) is 0. The van der Waals surface area contributed by atoms with Crippen molar-refractivity contribution in [2.45, 2.75) is 26.8 Å². The topological polar surface area (TPSA) is 45.1 Å². The van der Waals surface area contributed by atoms with Crippen molar-refractivity contribution in [2.75, 3.05) is 25.5 Å². The number of carbonyl (C=O) groups excluding carboxylic acids is 1. The van der Waals surface area contributed by atoms with Gasteiger partial charge in [-0.15, -0.1) is 0 Å². The molecule has 0 unspecified atom stereocenters. The van der Waals surface area contributed by atoms with Gasteiger partial charge in [0, 0.05) is 32.4 Å². The number of aliphatic imine (C=N–C) groups is 1. The number of anilines is 1. The van der Waals surface area contributed by atoms with Gasteiger partial charge in [0.25, 0.3) is 5.91 Å². The van der Waals surface area contributed by atoms with E-state index in [9.17, 15) is 4.79 Å². The molecule has 0 radical (unpaired) electrons. The molecule has 1 saturated heterocycles. The predicted octanol–water partition coefficient (Wildman–Crippen LogP) is 2.74. The molecule has 1 aliphatic heterocycles. The molecule has 118 valence electrons. The number of amides is 1. The summed E-state index contributed by atoms with van der Waals surface area (Å²) in [4.78, 5) is 20.3. The molecule has 0 atom stereocenters. The van der Waals surface area contributed by atoms with Crippen LogP contribution in [-0.2, 0) is 9.53 Å². The largest absolute Gasteiger partial charge is 0.420 e. The molecule has 1 aromatic rings. The van der Waals surface area contributed by atoms with Crippen LogP contribution in [0.3, 0.4) is 0 Å². The minimum Gasteiger partial charge on any atom is -0.420 e. The second kappa shape index (κ2) is 6.64. The maximum Gasteiger partial charge on any atom is 0.300 e. The van der Waals surface area contributed by atoms with Crippen molar-refractivity contribution in [3.05, 3.63) is 35.6 Å². The molecule has 0 N–H and O–H groups in total. The van der Waals surface area contributed by atoms with Gasteiger partial charge < -0.3 is 9.64 Å². The van der Waals surface area contributed by atoms with Crippen molar-refractivity contribution < 1.29 is 9.53 Å². The molecule has 1 aliphatic rings. The monoisotopic (exact) mass is 301 g/mol. The van der Waals surface area contributed by atoms with Crippen molar-refractivity contribution in [1.29, 1.82) is 0 Å². The molecular formula is C17H23N3O2. The lowest BCUT2D eigenvalue weighted by Crippen LogP contribution is -2.30. The first-order valence-corrected chi connectivity index (χ1v) is 7.49. The van der Waals surface area contributed by atoms with Gasteiger partial charge in [0.1, 0.15) is 0 Å². The summed E-state index contributed by atoms with van der Waals surface area (Å²) in [5.41, 5.74) is 2.04. The van der Waals surface area contributed by atoms with Crippen LogP contribution in [0.4, 0.5) is 5.69 Å². The van der Waals surface area contributed by atoms with E-state index in [2.05, 4.69) is 4.99 Å². The third-order valence-electron chi connectivity index (χ3n) is 3.28. The van der Waals surface area contributed by atoms with Crippen molar-refractivity contribution >= 4 is 23.7 Å². The number of hydrogen-bond acceptors (Lipinski definition) is 4. The fourth-order valence-electron chi connectivity index (χ4n) is 2.12. The number of amidine groups is 1. The van der Waals surface area contributed by atoms with Crippen LogP contribution in [0.2, 0.25) is 0 Å². The van der Waals surface area contributed by atoms with Gasteiger partial charge in [-0.25, -0.2) is 4.99 Å².